The van der Waals surface area contributed by atoms with Gasteiger partial charge in [0.1, 0.15) is 5.75 Å². The summed E-state index contributed by atoms with van der Waals surface area (Å²) in [5, 5.41) is 1.06. The van der Waals surface area contributed by atoms with E-state index in [0.29, 0.717) is 16.7 Å². The van der Waals surface area contributed by atoms with E-state index in [1.165, 1.54) is 11.1 Å². The van der Waals surface area contributed by atoms with Crippen LogP contribution in [0.5, 0.6) is 5.75 Å². The van der Waals surface area contributed by atoms with Gasteiger partial charge in [0.15, 0.2) is 0 Å². The molecule has 0 fully saturated rings. The van der Waals surface area contributed by atoms with Crippen LogP contribution in [0.2, 0.25) is 10.0 Å². The highest BCUT2D eigenvalue weighted by Crippen LogP contribution is 2.26. The lowest BCUT2D eigenvalue weighted by molar-refractivity contribution is 0.322. The van der Waals surface area contributed by atoms with E-state index in [1.54, 1.807) is 12.1 Å². The van der Waals surface area contributed by atoms with Gasteiger partial charge in [0.25, 0.3) is 0 Å². The van der Waals surface area contributed by atoms with E-state index in [0.717, 1.165) is 12.2 Å². The van der Waals surface area contributed by atoms with Crippen LogP contribution in [0.1, 0.15) is 11.1 Å². The molecule has 0 radical (unpaired) electrons. The molecule has 0 spiro atoms. The van der Waals surface area contributed by atoms with Gasteiger partial charge in [0, 0.05) is 12.5 Å². The molecule has 0 heterocycles. The van der Waals surface area contributed by atoms with Crippen molar-refractivity contribution in [2.45, 2.75) is 13.3 Å². The predicted molar refractivity (Wildman–Crippen MR) is 76.8 cm³/mol. The van der Waals surface area contributed by atoms with Gasteiger partial charge in [-0.1, -0.05) is 53.0 Å². The molecule has 0 bridgehead atoms. The standard InChI is InChI=1S/C15H14Cl2O/c1-11-2-4-12(5-3-11)8-9-18-13-6-7-14(16)15(17)10-13/h2-7,10H,8-9H2,1H3. The highest BCUT2D eigenvalue weighted by molar-refractivity contribution is 6.42. The molecule has 0 N–H and O–H groups in total. The number of benzene rings is 2. The molecule has 94 valence electrons. The highest BCUT2D eigenvalue weighted by atomic mass is 35.5. The summed E-state index contributed by atoms with van der Waals surface area (Å²) in [6.07, 6.45) is 0.876. The summed E-state index contributed by atoms with van der Waals surface area (Å²) < 4.78 is 5.63. The molecule has 1 nitrogen and oxygen atoms in total. The topological polar surface area (TPSA) is 9.23 Å². The second kappa shape index (κ2) is 6.12. The van der Waals surface area contributed by atoms with Crippen molar-refractivity contribution < 1.29 is 4.74 Å². The van der Waals surface area contributed by atoms with Gasteiger partial charge in [-0.2, -0.15) is 0 Å². The lowest BCUT2D eigenvalue weighted by Crippen LogP contribution is -2.01. The van der Waals surface area contributed by atoms with Gasteiger partial charge < -0.3 is 4.74 Å². The summed E-state index contributed by atoms with van der Waals surface area (Å²) in [7, 11) is 0. The molecule has 0 unspecified atom stereocenters. The molecule has 0 aliphatic rings. The monoisotopic (exact) mass is 280 g/mol. The van der Waals surface area contributed by atoms with Crippen molar-refractivity contribution in [3.63, 3.8) is 0 Å². The van der Waals surface area contributed by atoms with E-state index in [-0.39, 0.29) is 0 Å². The summed E-state index contributed by atoms with van der Waals surface area (Å²) >= 11 is 11.8. The van der Waals surface area contributed by atoms with Gasteiger partial charge >= 0.3 is 0 Å². The van der Waals surface area contributed by atoms with Crippen molar-refractivity contribution in [1.29, 1.82) is 0 Å². The molecule has 0 amide bonds. The molecule has 0 aromatic heterocycles. The van der Waals surface area contributed by atoms with Crippen LogP contribution in [0.4, 0.5) is 0 Å². The fourth-order valence-electron chi connectivity index (χ4n) is 1.61. The van der Waals surface area contributed by atoms with E-state index in [4.69, 9.17) is 27.9 Å². The Morgan fingerprint density at radius 2 is 1.67 bits per heavy atom. The number of hydrogen-bond donors (Lipinski definition) is 0. The van der Waals surface area contributed by atoms with Crippen LogP contribution >= 0.6 is 23.2 Å². The summed E-state index contributed by atoms with van der Waals surface area (Å²) in [6.45, 7) is 2.71. The molecule has 0 aliphatic carbocycles. The van der Waals surface area contributed by atoms with Crippen molar-refractivity contribution in [1.82, 2.24) is 0 Å². The fourth-order valence-corrected chi connectivity index (χ4v) is 1.90. The first-order valence-electron chi connectivity index (χ1n) is 5.78. The zero-order valence-corrected chi connectivity index (χ0v) is 11.6. The molecule has 2 rings (SSSR count). The first-order chi connectivity index (χ1) is 8.65. The van der Waals surface area contributed by atoms with Crippen molar-refractivity contribution in [3.8, 4) is 5.75 Å². The summed E-state index contributed by atoms with van der Waals surface area (Å²) in [5.74, 6) is 0.747. The second-order valence-corrected chi connectivity index (χ2v) is 4.97. The molecular formula is C15H14Cl2O. The number of rotatable bonds is 4. The molecule has 0 atom stereocenters. The van der Waals surface area contributed by atoms with Gasteiger partial charge in [-0.25, -0.2) is 0 Å². The lowest BCUT2D eigenvalue weighted by atomic mass is 10.1. The van der Waals surface area contributed by atoms with Gasteiger partial charge in [-0.3, -0.25) is 0 Å². The molecule has 0 aliphatic heterocycles. The highest BCUT2D eigenvalue weighted by Gasteiger charge is 2.00. The minimum absolute atomic E-state index is 0.518. The van der Waals surface area contributed by atoms with Crippen molar-refractivity contribution in [2.75, 3.05) is 6.61 Å². The van der Waals surface area contributed by atoms with Gasteiger partial charge in [0.2, 0.25) is 0 Å². The molecular weight excluding hydrogens is 267 g/mol. The quantitative estimate of drug-likeness (QED) is 0.772. The van der Waals surface area contributed by atoms with Crippen molar-refractivity contribution in [2.24, 2.45) is 0 Å². The van der Waals surface area contributed by atoms with Crippen LogP contribution in [-0.4, -0.2) is 6.61 Å². The first-order valence-corrected chi connectivity index (χ1v) is 6.54. The average Bonchev–Trinajstić information content (AvgIpc) is 2.36. The van der Waals surface area contributed by atoms with Crippen LogP contribution in [0.25, 0.3) is 0 Å². The number of ether oxygens (including phenoxy) is 1. The van der Waals surface area contributed by atoms with Crippen LogP contribution in [0, 0.1) is 6.92 Å². The molecule has 2 aromatic rings. The molecule has 18 heavy (non-hydrogen) atoms. The number of aryl methyl sites for hydroxylation is 1. The maximum absolute atomic E-state index is 5.92. The van der Waals surface area contributed by atoms with E-state index in [2.05, 4.69) is 31.2 Å². The Balaban J connectivity index is 1.88. The largest absolute Gasteiger partial charge is 0.493 e. The minimum atomic E-state index is 0.518. The third kappa shape index (κ3) is 3.66. The molecule has 0 saturated heterocycles. The van der Waals surface area contributed by atoms with Crippen LogP contribution in [0.3, 0.4) is 0 Å². The van der Waals surface area contributed by atoms with Crippen molar-refractivity contribution >= 4 is 23.2 Å². The smallest absolute Gasteiger partial charge is 0.120 e. The first kappa shape index (κ1) is 13.3. The predicted octanol–water partition coefficient (Wildman–Crippen LogP) is 4.92. The van der Waals surface area contributed by atoms with Gasteiger partial charge in [0.05, 0.1) is 16.7 Å². The summed E-state index contributed by atoms with van der Waals surface area (Å²) in [5.41, 5.74) is 2.53. The Morgan fingerprint density at radius 3 is 2.33 bits per heavy atom. The van der Waals surface area contributed by atoms with Crippen molar-refractivity contribution in [3.05, 3.63) is 63.6 Å². The maximum Gasteiger partial charge on any atom is 0.120 e. The van der Waals surface area contributed by atoms with Crippen LogP contribution in [-0.2, 0) is 6.42 Å². The van der Waals surface area contributed by atoms with E-state index >= 15 is 0 Å². The Kier molecular flexibility index (Phi) is 4.51. The Hall–Kier alpha value is -1.18. The zero-order chi connectivity index (χ0) is 13.0. The third-order valence-corrected chi connectivity index (χ3v) is 3.41. The SMILES string of the molecule is Cc1ccc(CCOc2ccc(Cl)c(Cl)c2)cc1. The second-order valence-electron chi connectivity index (χ2n) is 4.16. The van der Waals surface area contributed by atoms with Crippen LogP contribution in [0.15, 0.2) is 42.5 Å². The minimum Gasteiger partial charge on any atom is -0.493 e. The third-order valence-electron chi connectivity index (χ3n) is 2.67. The average molecular weight is 281 g/mol. The number of halogens is 2. The summed E-state index contributed by atoms with van der Waals surface area (Å²) in [6, 6.07) is 13.7. The summed E-state index contributed by atoms with van der Waals surface area (Å²) in [4.78, 5) is 0. The fraction of sp³-hybridized carbons (Fsp3) is 0.200. The molecule has 0 saturated carbocycles. The molecule has 2 aromatic carbocycles. The molecule has 3 heteroatoms. The van der Waals surface area contributed by atoms with Gasteiger partial charge in [-0.15, -0.1) is 0 Å². The van der Waals surface area contributed by atoms with E-state index in [1.807, 2.05) is 6.07 Å². The van der Waals surface area contributed by atoms with E-state index in [9.17, 15) is 0 Å². The van der Waals surface area contributed by atoms with Gasteiger partial charge in [-0.05, 0) is 24.6 Å². The maximum atomic E-state index is 5.92. The Bertz CT molecular complexity index is 521. The Morgan fingerprint density at radius 1 is 0.944 bits per heavy atom. The number of hydrogen-bond acceptors (Lipinski definition) is 1. The zero-order valence-electron chi connectivity index (χ0n) is 10.1. The van der Waals surface area contributed by atoms with Crippen LogP contribution < -0.4 is 4.74 Å². The Labute approximate surface area is 117 Å². The normalized spacial score (nSPS) is 10.4. The van der Waals surface area contributed by atoms with E-state index < -0.39 is 0 Å². The lowest BCUT2D eigenvalue weighted by Gasteiger charge is -2.07.